The SMILES string of the molecule is COc1cc(N)c(CC(=O)O)c(C#N)c1. The Bertz CT molecular complexity index is 435. The molecule has 0 aliphatic carbocycles. The minimum absolute atomic E-state index is 0.231. The number of hydrogen-bond acceptors (Lipinski definition) is 4. The normalized spacial score (nSPS) is 9.33. The molecule has 78 valence electrons. The Balaban J connectivity index is 3.26. The molecule has 1 aromatic carbocycles. The van der Waals surface area contributed by atoms with E-state index >= 15 is 0 Å². The van der Waals surface area contributed by atoms with Gasteiger partial charge < -0.3 is 15.6 Å². The molecule has 1 aromatic rings. The molecule has 0 aromatic heterocycles. The topological polar surface area (TPSA) is 96.3 Å². The minimum atomic E-state index is -1.02. The number of carbonyl (C=O) groups is 1. The van der Waals surface area contributed by atoms with Crippen LogP contribution in [0.5, 0.6) is 5.75 Å². The van der Waals surface area contributed by atoms with Crippen molar-refractivity contribution in [3.05, 3.63) is 23.3 Å². The summed E-state index contributed by atoms with van der Waals surface area (Å²) < 4.78 is 4.92. The van der Waals surface area contributed by atoms with Crippen molar-refractivity contribution in [2.75, 3.05) is 12.8 Å². The van der Waals surface area contributed by atoms with Crippen LogP contribution in [0.3, 0.4) is 0 Å². The molecule has 5 heteroatoms. The van der Waals surface area contributed by atoms with E-state index in [0.717, 1.165) is 0 Å². The van der Waals surface area contributed by atoms with Crippen molar-refractivity contribution in [3.8, 4) is 11.8 Å². The van der Waals surface area contributed by atoms with Crippen molar-refractivity contribution in [2.24, 2.45) is 0 Å². The van der Waals surface area contributed by atoms with Crippen LogP contribution in [0, 0.1) is 11.3 Å². The fraction of sp³-hybridized carbons (Fsp3) is 0.200. The number of nitrogens with two attached hydrogens (primary N) is 1. The molecule has 0 spiro atoms. The number of rotatable bonds is 3. The van der Waals surface area contributed by atoms with Crippen molar-refractivity contribution in [3.63, 3.8) is 0 Å². The zero-order chi connectivity index (χ0) is 11.4. The van der Waals surface area contributed by atoms with E-state index in [4.69, 9.17) is 20.8 Å². The first-order chi connectivity index (χ1) is 7.08. The van der Waals surface area contributed by atoms with Crippen LogP contribution in [0.2, 0.25) is 0 Å². The van der Waals surface area contributed by atoms with Gasteiger partial charge in [-0.05, 0) is 6.07 Å². The van der Waals surface area contributed by atoms with Gasteiger partial charge in [-0.15, -0.1) is 0 Å². The fourth-order valence-electron chi connectivity index (χ4n) is 1.23. The van der Waals surface area contributed by atoms with Gasteiger partial charge in [0.2, 0.25) is 0 Å². The summed E-state index contributed by atoms with van der Waals surface area (Å²) in [6, 6.07) is 4.86. The zero-order valence-corrected chi connectivity index (χ0v) is 8.15. The van der Waals surface area contributed by atoms with E-state index in [2.05, 4.69) is 0 Å². The summed E-state index contributed by atoms with van der Waals surface area (Å²) in [7, 11) is 1.45. The van der Waals surface area contributed by atoms with Crippen molar-refractivity contribution < 1.29 is 14.6 Å². The van der Waals surface area contributed by atoms with Crippen molar-refractivity contribution in [2.45, 2.75) is 6.42 Å². The van der Waals surface area contributed by atoms with E-state index in [1.54, 1.807) is 0 Å². The number of aliphatic carboxylic acids is 1. The number of nitrogens with zero attached hydrogens (tertiary/aromatic N) is 1. The molecular weight excluding hydrogens is 196 g/mol. The van der Waals surface area contributed by atoms with Gasteiger partial charge in [0, 0.05) is 17.3 Å². The van der Waals surface area contributed by atoms with Gasteiger partial charge in [-0.1, -0.05) is 0 Å². The van der Waals surface area contributed by atoms with Crippen LogP contribution in [0.15, 0.2) is 12.1 Å². The quantitative estimate of drug-likeness (QED) is 0.712. The summed E-state index contributed by atoms with van der Waals surface area (Å²) in [4.78, 5) is 10.5. The molecule has 0 saturated heterocycles. The molecule has 0 radical (unpaired) electrons. The van der Waals surface area contributed by atoms with Crippen LogP contribution >= 0.6 is 0 Å². The molecule has 0 atom stereocenters. The van der Waals surface area contributed by atoms with Gasteiger partial charge in [0.05, 0.1) is 25.2 Å². The smallest absolute Gasteiger partial charge is 0.307 e. The molecule has 3 N–H and O–H groups in total. The van der Waals surface area contributed by atoms with E-state index in [1.165, 1.54) is 19.2 Å². The highest BCUT2D eigenvalue weighted by molar-refractivity contribution is 5.75. The summed E-state index contributed by atoms with van der Waals surface area (Å²) in [5.74, 6) is -0.582. The molecule has 0 fully saturated rings. The molecule has 0 amide bonds. The van der Waals surface area contributed by atoms with Crippen LogP contribution < -0.4 is 10.5 Å². The monoisotopic (exact) mass is 206 g/mol. The number of nitriles is 1. The number of benzene rings is 1. The molecule has 15 heavy (non-hydrogen) atoms. The highest BCUT2D eigenvalue weighted by Crippen LogP contribution is 2.24. The first kappa shape index (κ1) is 10.9. The second kappa shape index (κ2) is 4.33. The van der Waals surface area contributed by atoms with Gasteiger partial charge in [0.15, 0.2) is 0 Å². The van der Waals surface area contributed by atoms with E-state index in [-0.39, 0.29) is 17.7 Å². The first-order valence-electron chi connectivity index (χ1n) is 4.16. The van der Waals surface area contributed by atoms with Crippen molar-refractivity contribution in [1.29, 1.82) is 5.26 Å². The number of anilines is 1. The Labute approximate surface area is 86.7 Å². The van der Waals surface area contributed by atoms with Gasteiger partial charge in [-0.25, -0.2) is 0 Å². The third kappa shape index (κ3) is 2.38. The largest absolute Gasteiger partial charge is 0.497 e. The van der Waals surface area contributed by atoms with E-state index in [9.17, 15) is 4.79 Å². The maximum atomic E-state index is 10.5. The van der Waals surface area contributed by atoms with Gasteiger partial charge in [-0.2, -0.15) is 5.26 Å². The third-order valence-electron chi connectivity index (χ3n) is 1.94. The fourth-order valence-corrected chi connectivity index (χ4v) is 1.23. The number of carboxylic acids is 1. The number of nitrogen functional groups attached to an aromatic ring is 1. The summed E-state index contributed by atoms with van der Waals surface area (Å²) in [6.07, 6.45) is -0.265. The predicted molar refractivity (Wildman–Crippen MR) is 53.5 cm³/mol. The highest BCUT2D eigenvalue weighted by atomic mass is 16.5. The third-order valence-corrected chi connectivity index (χ3v) is 1.94. The lowest BCUT2D eigenvalue weighted by Gasteiger charge is -2.08. The molecule has 0 aliphatic rings. The number of carboxylic acid groups (broad SMARTS) is 1. The molecule has 0 aliphatic heterocycles. The van der Waals surface area contributed by atoms with Crippen molar-refractivity contribution >= 4 is 11.7 Å². The number of hydrogen-bond donors (Lipinski definition) is 2. The second-order valence-corrected chi connectivity index (χ2v) is 2.93. The summed E-state index contributed by atoms with van der Waals surface area (Å²) in [6.45, 7) is 0. The summed E-state index contributed by atoms with van der Waals surface area (Å²) in [5, 5.41) is 17.5. The van der Waals surface area contributed by atoms with Crippen LogP contribution in [-0.4, -0.2) is 18.2 Å². The lowest BCUT2D eigenvalue weighted by atomic mass is 10.0. The molecule has 0 heterocycles. The van der Waals surface area contributed by atoms with Crippen molar-refractivity contribution in [1.82, 2.24) is 0 Å². The molecule has 5 nitrogen and oxygen atoms in total. The van der Waals surface area contributed by atoms with E-state index in [0.29, 0.717) is 11.3 Å². The first-order valence-corrected chi connectivity index (χ1v) is 4.16. The number of methoxy groups -OCH3 is 1. The Hall–Kier alpha value is -2.22. The van der Waals surface area contributed by atoms with Crippen LogP contribution in [0.1, 0.15) is 11.1 Å². The average molecular weight is 206 g/mol. The van der Waals surface area contributed by atoms with Crippen LogP contribution in [0.4, 0.5) is 5.69 Å². The Morgan fingerprint density at radius 2 is 2.33 bits per heavy atom. The Kier molecular flexibility index (Phi) is 3.13. The Morgan fingerprint density at radius 3 is 2.80 bits per heavy atom. The van der Waals surface area contributed by atoms with E-state index < -0.39 is 5.97 Å². The molecule has 0 bridgehead atoms. The maximum Gasteiger partial charge on any atom is 0.307 e. The molecule has 0 unspecified atom stereocenters. The van der Waals surface area contributed by atoms with Crippen LogP contribution in [-0.2, 0) is 11.2 Å². The standard InChI is InChI=1S/C10H10N2O3/c1-15-7-2-6(5-11)8(4-10(13)14)9(12)3-7/h2-3H,4,12H2,1H3,(H,13,14). The predicted octanol–water partition coefficient (Wildman–Crippen LogP) is 0.776. The molecule has 0 saturated carbocycles. The Morgan fingerprint density at radius 1 is 1.67 bits per heavy atom. The van der Waals surface area contributed by atoms with E-state index in [1.807, 2.05) is 6.07 Å². The average Bonchev–Trinajstić information content (AvgIpc) is 2.20. The molecule has 1 rings (SSSR count). The maximum absolute atomic E-state index is 10.5. The van der Waals surface area contributed by atoms with Crippen LogP contribution in [0.25, 0.3) is 0 Å². The lowest BCUT2D eigenvalue weighted by molar-refractivity contribution is -0.136. The molecular formula is C10H10N2O3. The van der Waals surface area contributed by atoms with Gasteiger partial charge in [-0.3, -0.25) is 4.79 Å². The zero-order valence-electron chi connectivity index (χ0n) is 8.15. The summed E-state index contributed by atoms with van der Waals surface area (Å²) in [5.41, 5.74) is 6.44. The summed E-state index contributed by atoms with van der Waals surface area (Å²) >= 11 is 0. The van der Waals surface area contributed by atoms with Gasteiger partial charge in [0.25, 0.3) is 0 Å². The van der Waals surface area contributed by atoms with Gasteiger partial charge in [0.1, 0.15) is 5.75 Å². The van der Waals surface area contributed by atoms with Gasteiger partial charge >= 0.3 is 5.97 Å². The second-order valence-electron chi connectivity index (χ2n) is 2.93. The highest BCUT2D eigenvalue weighted by Gasteiger charge is 2.12. The lowest BCUT2D eigenvalue weighted by Crippen LogP contribution is -2.06. The number of ether oxygens (including phenoxy) is 1. The minimum Gasteiger partial charge on any atom is -0.497 e.